The maximum atomic E-state index is 10.2. The zero-order valence-corrected chi connectivity index (χ0v) is 17.2. The van der Waals surface area contributed by atoms with Gasteiger partial charge in [-0.3, -0.25) is 0 Å². The highest BCUT2D eigenvalue weighted by Crippen LogP contribution is 2.44. The number of phenolic OH excluding ortho intramolecular Hbond substituents is 2. The Morgan fingerprint density at radius 1 is 0.692 bits per heavy atom. The van der Waals surface area contributed by atoms with E-state index < -0.39 is 0 Å². The van der Waals surface area contributed by atoms with E-state index in [2.05, 4.69) is 38.1 Å². The summed E-state index contributed by atoms with van der Waals surface area (Å²) < 4.78 is 0. The number of benzene rings is 2. The third kappa shape index (κ3) is 3.75. The van der Waals surface area contributed by atoms with Crippen molar-refractivity contribution < 1.29 is 10.2 Å². The lowest BCUT2D eigenvalue weighted by Gasteiger charge is -2.36. The molecule has 2 nitrogen and oxygen atoms in total. The quantitative estimate of drug-likeness (QED) is 0.549. The normalized spacial score (nSPS) is 11.8. The molecule has 26 heavy (non-hydrogen) atoms. The van der Waals surface area contributed by atoms with Crippen LogP contribution in [0, 0.1) is 27.7 Å². The van der Waals surface area contributed by atoms with Crippen molar-refractivity contribution in [3.05, 3.63) is 57.6 Å². The summed E-state index contributed by atoms with van der Waals surface area (Å²) in [4.78, 5) is 0. The Balaban J connectivity index is 2.70. The van der Waals surface area contributed by atoms with Crippen molar-refractivity contribution >= 4 is 0 Å². The molecule has 0 spiro atoms. The second kappa shape index (κ2) is 8.16. The van der Waals surface area contributed by atoms with E-state index in [1.54, 1.807) is 0 Å². The summed E-state index contributed by atoms with van der Waals surface area (Å²) in [6.45, 7) is 12.4. The van der Waals surface area contributed by atoms with E-state index in [1.807, 2.05) is 27.7 Å². The van der Waals surface area contributed by atoms with Crippen molar-refractivity contribution in [1.82, 2.24) is 0 Å². The zero-order valence-electron chi connectivity index (χ0n) is 17.2. The predicted octanol–water partition coefficient (Wildman–Crippen LogP) is 6.61. The Bertz CT molecular complexity index is 670. The van der Waals surface area contributed by atoms with Gasteiger partial charge in [0.25, 0.3) is 0 Å². The molecule has 142 valence electrons. The summed E-state index contributed by atoms with van der Waals surface area (Å²) in [5.41, 5.74) is 6.17. The van der Waals surface area contributed by atoms with Crippen molar-refractivity contribution in [3.8, 4) is 11.5 Å². The summed E-state index contributed by atoms with van der Waals surface area (Å²) in [6.07, 6.45) is 5.64. The average molecular weight is 355 g/mol. The van der Waals surface area contributed by atoms with Gasteiger partial charge in [0.05, 0.1) is 0 Å². The van der Waals surface area contributed by atoms with Crippen molar-refractivity contribution in [3.63, 3.8) is 0 Å². The fourth-order valence-corrected chi connectivity index (χ4v) is 4.18. The predicted molar refractivity (Wildman–Crippen MR) is 110 cm³/mol. The van der Waals surface area contributed by atoms with Crippen LogP contribution in [0.25, 0.3) is 0 Å². The first-order chi connectivity index (χ1) is 12.3. The second-order valence-electron chi connectivity index (χ2n) is 7.81. The van der Waals surface area contributed by atoms with Crippen LogP contribution in [-0.2, 0) is 5.41 Å². The molecular formula is C24H34O2. The van der Waals surface area contributed by atoms with Gasteiger partial charge in [0.1, 0.15) is 11.5 Å². The van der Waals surface area contributed by atoms with Gasteiger partial charge in [-0.2, -0.15) is 0 Å². The van der Waals surface area contributed by atoms with Crippen LogP contribution < -0.4 is 0 Å². The third-order valence-electron chi connectivity index (χ3n) is 5.90. The molecule has 2 heteroatoms. The average Bonchev–Trinajstić information content (AvgIpc) is 2.61. The molecule has 0 atom stereocenters. The highest BCUT2D eigenvalue weighted by molar-refractivity contribution is 5.52. The molecule has 0 unspecified atom stereocenters. The van der Waals surface area contributed by atoms with Crippen LogP contribution in [0.5, 0.6) is 11.5 Å². The van der Waals surface area contributed by atoms with Gasteiger partial charge in [-0.05, 0) is 73.9 Å². The van der Waals surface area contributed by atoms with Crippen LogP contribution in [0.15, 0.2) is 24.3 Å². The topological polar surface area (TPSA) is 40.5 Å². The largest absolute Gasteiger partial charge is 0.507 e. The van der Waals surface area contributed by atoms with E-state index in [0.29, 0.717) is 11.5 Å². The number of aryl methyl sites for hydroxylation is 4. The fourth-order valence-electron chi connectivity index (χ4n) is 4.18. The molecule has 2 N–H and O–H groups in total. The van der Waals surface area contributed by atoms with Crippen LogP contribution in [0.4, 0.5) is 0 Å². The molecule has 2 rings (SSSR count). The molecule has 0 heterocycles. The molecule has 0 aromatic heterocycles. The Labute approximate surface area is 158 Å². The third-order valence-corrected chi connectivity index (χ3v) is 5.90. The van der Waals surface area contributed by atoms with Gasteiger partial charge in [0.2, 0.25) is 0 Å². The van der Waals surface area contributed by atoms with E-state index in [-0.39, 0.29) is 5.41 Å². The Morgan fingerprint density at radius 3 is 1.38 bits per heavy atom. The van der Waals surface area contributed by atoms with Crippen LogP contribution in [-0.4, -0.2) is 10.2 Å². The van der Waals surface area contributed by atoms with Crippen LogP contribution in [0.3, 0.4) is 0 Å². The lowest BCUT2D eigenvalue weighted by Crippen LogP contribution is -2.28. The molecule has 0 saturated carbocycles. The van der Waals surface area contributed by atoms with E-state index in [4.69, 9.17) is 0 Å². The van der Waals surface area contributed by atoms with Gasteiger partial charge in [0, 0.05) is 5.41 Å². The Kier molecular flexibility index (Phi) is 6.39. The number of aromatic hydroxyl groups is 2. The molecule has 0 fully saturated rings. The lowest BCUT2D eigenvalue weighted by atomic mass is 9.68. The van der Waals surface area contributed by atoms with Gasteiger partial charge in [-0.25, -0.2) is 0 Å². The minimum atomic E-state index is -0.0956. The van der Waals surface area contributed by atoms with Crippen LogP contribution >= 0.6 is 0 Å². The minimum Gasteiger partial charge on any atom is -0.507 e. The van der Waals surface area contributed by atoms with Crippen molar-refractivity contribution in [2.75, 3.05) is 0 Å². The molecule has 0 aliphatic carbocycles. The molecule has 0 bridgehead atoms. The monoisotopic (exact) mass is 354 g/mol. The fraction of sp³-hybridized carbons (Fsp3) is 0.500. The van der Waals surface area contributed by atoms with Crippen LogP contribution in [0.1, 0.15) is 79.3 Å². The summed E-state index contributed by atoms with van der Waals surface area (Å²) in [6, 6.07) is 8.59. The van der Waals surface area contributed by atoms with Crippen LogP contribution in [0.2, 0.25) is 0 Å². The van der Waals surface area contributed by atoms with E-state index in [9.17, 15) is 10.2 Å². The smallest absolute Gasteiger partial charge is 0.121 e. The second-order valence-corrected chi connectivity index (χ2v) is 7.81. The standard InChI is InChI=1S/C24H34O2/c1-7-9-10-11-24(8-2,20-12-16(3)22(25)17(4)13-20)21-14-18(5)23(26)19(6)15-21/h12-15,25-26H,7-11H2,1-6H3. The number of unbranched alkanes of at least 4 members (excludes halogenated alkanes) is 2. The minimum absolute atomic E-state index is 0.0956. The lowest BCUT2D eigenvalue weighted by molar-refractivity contribution is 0.424. The number of hydrogen-bond acceptors (Lipinski definition) is 2. The first-order valence-electron chi connectivity index (χ1n) is 9.88. The Morgan fingerprint density at radius 2 is 1.08 bits per heavy atom. The molecule has 0 aliphatic rings. The summed E-state index contributed by atoms with van der Waals surface area (Å²) in [5, 5.41) is 20.5. The van der Waals surface area contributed by atoms with E-state index in [0.717, 1.165) is 35.1 Å². The van der Waals surface area contributed by atoms with Gasteiger partial charge >= 0.3 is 0 Å². The summed E-state index contributed by atoms with van der Waals surface area (Å²) in [5.74, 6) is 0.788. The number of phenols is 2. The SMILES string of the molecule is CCCCCC(CC)(c1cc(C)c(O)c(C)c1)c1cc(C)c(O)c(C)c1. The van der Waals surface area contributed by atoms with Gasteiger partial charge in [0.15, 0.2) is 0 Å². The molecular weight excluding hydrogens is 320 g/mol. The molecule has 0 aliphatic heterocycles. The maximum absolute atomic E-state index is 10.2. The van der Waals surface area contributed by atoms with Gasteiger partial charge in [-0.1, -0.05) is 57.4 Å². The summed E-state index contributed by atoms with van der Waals surface area (Å²) in [7, 11) is 0. The van der Waals surface area contributed by atoms with Crippen molar-refractivity contribution in [2.45, 2.75) is 79.1 Å². The highest BCUT2D eigenvalue weighted by atomic mass is 16.3. The molecule has 0 radical (unpaired) electrons. The Hall–Kier alpha value is -1.96. The zero-order chi connectivity index (χ0) is 19.5. The van der Waals surface area contributed by atoms with Crippen molar-refractivity contribution in [2.24, 2.45) is 0 Å². The maximum Gasteiger partial charge on any atom is 0.121 e. The number of rotatable bonds is 7. The molecule has 0 saturated heterocycles. The van der Waals surface area contributed by atoms with Gasteiger partial charge < -0.3 is 10.2 Å². The van der Waals surface area contributed by atoms with E-state index >= 15 is 0 Å². The molecule has 2 aromatic rings. The van der Waals surface area contributed by atoms with Gasteiger partial charge in [-0.15, -0.1) is 0 Å². The first-order valence-corrected chi connectivity index (χ1v) is 9.88. The highest BCUT2D eigenvalue weighted by Gasteiger charge is 2.33. The summed E-state index contributed by atoms with van der Waals surface area (Å²) >= 11 is 0. The molecule has 2 aromatic carbocycles. The number of hydrogen-bond donors (Lipinski definition) is 2. The van der Waals surface area contributed by atoms with Crippen molar-refractivity contribution in [1.29, 1.82) is 0 Å². The first kappa shape index (κ1) is 20.4. The molecule has 0 amide bonds. The van der Waals surface area contributed by atoms with E-state index in [1.165, 1.54) is 30.4 Å².